The number of anilines is 2. The number of piperidine rings is 1. The molecule has 6 nitrogen and oxygen atoms in total. The minimum atomic E-state index is -0.00791. The fourth-order valence-corrected chi connectivity index (χ4v) is 4.22. The average molecular weight is 374 g/mol. The summed E-state index contributed by atoms with van der Waals surface area (Å²) >= 11 is 0. The van der Waals surface area contributed by atoms with E-state index in [0.29, 0.717) is 18.0 Å². The number of fused-ring (bicyclic) bond motifs is 1. The summed E-state index contributed by atoms with van der Waals surface area (Å²) in [6.07, 6.45) is 4.47. The van der Waals surface area contributed by atoms with Gasteiger partial charge >= 0.3 is 0 Å². The molecule has 0 saturated carbocycles. The van der Waals surface area contributed by atoms with Gasteiger partial charge in [0.2, 0.25) is 5.91 Å². The highest BCUT2D eigenvalue weighted by Gasteiger charge is 2.33. The Morgan fingerprint density at radius 2 is 1.96 bits per heavy atom. The van der Waals surface area contributed by atoms with Crippen LogP contribution in [0, 0.1) is 5.92 Å². The first kappa shape index (κ1) is 17.0. The van der Waals surface area contributed by atoms with Crippen LogP contribution < -0.4 is 9.80 Å². The predicted octanol–water partition coefficient (Wildman–Crippen LogP) is 3.54. The van der Waals surface area contributed by atoms with Crippen LogP contribution in [-0.4, -0.2) is 35.7 Å². The molecule has 1 amide bonds. The lowest BCUT2D eigenvalue weighted by molar-refractivity contribution is -0.122. The van der Waals surface area contributed by atoms with Crippen molar-refractivity contribution in [3.63, 3.8) is 0 Å². The Hall–Kier alpha value is -3.15. The van der Waals surface area contributed by atoms with Gasteiger partial charge in [-0.2, -0.15) is 0 Å². The highest BCUT2D eigenvalue weighted by atomic mass is 16.3. The number of hydrogen-bond acceptors (Lipinski definition) is 5. The zero-order valence-corrected chi connectivity index (χ0v) is 15.6. The maximum Gasteiger partial charge on any atom is 0.231 e. The Kier molecular flexibility index (Phi) is 4.31. The van der Waals surface area contributed by atoms with E-state index in [2.05, 4.69) is 27.2 Å². The molecule has 0 N–H and O–H groups in total. The largest absolute Gasteiger partial charge is 0.463 e. The number of nitrogens with zero attached hydrogens (tertiary/aromatic N) is 4. The van der Waals surface area contributed by atoms with Crippen LogP contribution in [0.25, 0.3) is 11.5 Å². The fourth-order valence-electron chi connectivity index (χ4n) is 4.22. The second kappa shape index (κ2) is 7.11. The quantitative estimate of drug-likeness (QED) is 0.702. The molecule has 1 atom stereocenters. The van der Waals surface area contributed by atoms with Crippen molar-refractivity contribution in [1.29, 1.82) is 0 Å². The molecule has 1 unspecified atom stereocenters. The van der Waals surface area contributed by atoms with E-state index in [1.54, 1.807) is 6.26 Å². The number of carbonyl (C=O) groups excluding carboxylic acids is 1. The van der Waals surface area contributed by atoms with Crippen LogP contribution in [0.1, 0.15) is 18.4 Å². The molecule has 2 aliphatic rings. The predicted molar refractivity (Wildman–Crippen MR) is 107 cm³/mol. The van der Waals surface area contributed by atoms with Crippen molar-refractivity contribution in [1.82, 2.24) is 10.2 Å². The van der Waals surface area contributed by atoms with E-state index < -0.39 is 0 Å². The van der Waals surface area contributed by atoms with Gasteiger partial charge in [-0.3, -0.25) is 4.79 Å². The summed E-state index contributed by atoms with van der Waals surface area (Å²) < 4.78 is 5.37. The van der Waals surface area contributed by atoms with E-state index in [1.165, 1.54) is 5.56 Å². The summed E-state index contributed by atoms with van der Waals surface area (Å²) in [5.41, 5.74) is 3.06. The lowest BCUT2D eigenvalue weighted by atomic mass is 9.96. The van der Waals surface area contributed by atoms with E-state index >= 15 is 0 Å². The van der Waals surface area contributed by atoms with Crippen molar-refractivity contribution in [2.45, 2.75) is 19.3 Å². The van der Waals surface area contributed by atoms with Gasteiger partial charge in [0, 0.05) is 25.3 Å². The maximum absolute atomic E-state index is 13.2. The molecular formula is C22H22N4O2. The van der Waals surface area contributed by atoms with Crippen LogP contribution in [0.5, 0.6) is 0 Å². The third kappa shape index (κ3) is 3.05. The summed E-state index contributed by atoms with van der Waals surface area (Å²) in [5, 5.41) is 8.67. The summed E-state index contributed by atoms with van der Waals surface area (Å²) in [4.78, 5) is 17.3. The molecule has 2 aliphatic heterocycles. The van der Waals surface area contributed by atoms with E-state index in [-0.39, 0.29) is 11.8 Å². The Morgan fingerprint density at radius 3 is 2.79 bits per heavy atom. The minimum Gasteiger partial charge on any atom is -0.463 e. The van der Waals surface area contributed by atoms with Gasteiger partial charge < -0.3 is 14.2 Å². The van der Waals surface area contributed by atoms with Crippen molar-refractivity contribution in [2.75, 3.05) is 29.4 Å². The number of rotatable bonds is 3. The van der Waals surface area contributed by atoms with E-state index in [1.807, 2.05) is 41.3 Å². The zero-order chi connectivity index (χ0) is 18.9. The molecule has 0 radical (unpaired) electrons. The van der Waals surface area contributed by atoms with Crippen LogP contribution in [0.2, 0.25) is 0 Å². The number of hydrogen-bond donors (Lipinski definition) is 0. The molecule has 1 aromatic carbocycles. The van der Waals surface area contributed by atoms with Gasteiger partial charge in [-0.15, -0.1) is 10.2 Å². The van der Waals surface area contributed by atoms with Crippen molar-refractivity contribution >= 4 is 17.4 Å². The maximum atomic E-state index is 13.2. The van der Waals surface area contributed by atoms with Crippen LogP contribution in [0.15, 0.2) is 59.2 Å². The summed E-state index contributed by atoms with van der Waals surface area (Å²) in [6.45, 7) is 2.37. The molecule has 0 bridgehead atoms. The van der Waals surface area contributed by atoms with Crippen molar-refractivity contribution in [3.05, 3.63) is 60.4 Å². The Morgan fingerprint density at radius 1 is 1.04 bits per heavy atom. The van der Waals surface area contributed by atoms with Gasteiger partial charge in [0.25, 0.3) is 0 Å². The van der Waals surface area contributed by atoms with Crippen molar-refractivity contribution < 1.29 is 9.21 Å². The van der Waals surface area contributed by atoms with Crippen LogP contribution in [-0.2, 0) is 11.2 Å². The first-order chi connectivity index (χ1) is 13.8. The number of benzene rings is 1. The molecule has 28 heavy (non-hydrogen) atoms. The number of furan rings is 1. The summed E-state index contributed by atoms with van der Waals surface area (Å²) in [6, 6.07) is 15.8. The third-order valence-corrected chi connectivity index (χ3v) is 5.67. The Balaban J connectivity index is 1.31. The molecule has 6 heteroatoms. The normalized spacial score (nSPS) is 18.9. The first-order valence-electron chi connectivity index (χ1n) is 9.81. The van der Waals surface area contributed by atoms with Crippen LogP contribution >= 0.6 is 0 Å². The molecular weight excluding hydrogens is 352 g/mol. The second-order valence-electron chi connectivity index (χ2n) is 7.41. The van der Waals surface area contributed by atoms with Gasteiger partial charge in [0.15, 0.2) is 11.6 Å². The SMILES string of the molecule is O=C(C1CCCN(c2ccc(-c3ccco3)nn2)C1)N1CCc2ccccc21. The zero-order valence-electron chi connectivity index (χ0n) is 15.6. The highest BCUT2D eigenvalue weighted by Crippen LogP contribution is 2.31. The number of aromatic nitrogens is 2. The highest BCUT2D eigenvalue weighted by molar-refractivity contribution is 5.97. The minimum absolute atomic E-state index is 0.00791. The molecule has 0 spiro atoms. The first-order valence-corrected chi connectivity index (χ1v) is 9.81. The standard InChI is InChI=1S/C22H22N4O2/c27-22(26-13-11-16-5-1-2-7-19(16)26)17-6-3-12-25(15-17)21-10-9-18(23-24-21)20-8-4-14-28-20/h1-2,4-5,7-10,14,17H,3,6,11-13,15H2. The second-order valence-corrected chi connectivity index (χ2v) is 7.41. The van der Waals surface area contributed by atoms with Gasteiger partial charge in [0.1, 0.15) is 5.69 Å². The van der Waals surface area contributed by atoms with Gasteiger partial charge in [-0.1, -0.05) is 18.2 Å². The van der Waals surface area contributed by atoms with Crippen molar-refractivity contribution in [3.8, 4) is 11.5 Å². The van der Waals surface area contributed by atoms with Crippen LogP contribution in [0.4, 0.5) is 11.5 Å². The Bertz CT molecular complexity index is 968. The van der Waals surface area contributed by atoms with E-state index in [9.17, 15) is 4.79 Å². The molecule has 5 rings (SSSR count). The fraction of sp³-hybridized carbons (Fsp3) is 0.318. The molecule has 1 saturated heterocycles. The molecule has 142 valence electrons. The topological polar surface area (TPSA) is 62.5 Å². The van der Waals surface area contributed by atoms with Gasteiger partial charge in [-0.05, 0) is 55.2 Å². The van der Waals surface area contributed by atoms with E-state index in [0.717, 1.165) is 43.9 Å². The summed E-state index contributed by atoms with van der Waals surface area (Å²) in [5.74, 6) is 1.74. The van der Waals surface area contributed by atoms with Crippen LogP contribution in [0.3, 0.4) is 0 Å². The van der Waals surface area contributed by atoms with Gasteiger partial charge in [-0.25, -0.2) is 0 Å². The number of para-hydroxylation sites is 1. The smallest absolute Gasteiger partial charge is 0.231 e. The molecule has 2 aromatic heterocycles. The Labute approximate surface area is 163 Å². The molecule has 3 aromatic rings. The molecule has 4 heterocycles. The lowest BCUT2D eigenvalue weighted by Gasteiger charge is -2.34. The van der Waals surface area contributed by atoms with Gasteiger partial charge in [0.05, 0.1) is 12.2 Å². The lowest BCUT2D eigenvalue weighted by Crippen LogP contribution is -2.45. The summed E-state index contributed by atoms with van der Waals surface area (Å²) in [7, 11) is 0. The number of amides is 1. The monoisotopic (exact) mass is 374 g/mol. The van der Waals surface area contributed by atoms with Crippen molar-refractivity contribution in [2.24, 2.45) is 5.92 Å². The molecule has 1 fully saturated rings. The molecule has 0 aliphatic carbocycles. The van der Waals surface area contributed by atoms with E-state index in [4.69, 9.17) is 4.42 Å². The average Bonchev–Trinajstić information content (AvgIpc) is 3.44. The number of carbonyl (C=O) groups is 1. The third-order valence-electron chi connectivity index (χ3n) is 5.67.